The molecule has 2 aromatic rings. The lowest BCUT2D eigenvalue weighted by molar-refractivity contribution is -0.139. The van der Waals surface area contributed by atoms with Crippen molar-refractivity contribution in [2.24, 2.45) is 5.10 Å². The first-order valence-corrected chi connectivity index (χ1v) is 6.15. The van der Waals surface area contributed by atoms with Gasteiger partial charge in [0.05, 0.1) is 19.0 Å². The maximum Gasteiger partial charge on any atom is 0.329 e. The van der Waals surface area contributed by atoms with Gasteiger partial charge in [-0.25, -0.2) is 14.2 Å². The van der Waals surface area contributed by atoms with Gasteiger partial charge < -0.3 is 9.73 Å². The maximum absolute atomic E-state index is 13.3. The second-order valence-electron chi connectivity index (χ2n) is 4.13. The molecule has 0 unspecified atom stereocenters. The van der Waals surface area contributed by atoms with Gasteiger partial charge in [0.1, 0.15) is 17.4 Å². The Hall–Kier alpha value is -3.03. The number of benzene rings is 1. The van der Waals surface area contributed by atoms with E-state index in [-0.39, 0.29) is 12.1 Å². The number of furan rings is 1. The summed E-state index contributed by atoms with van der Waals surface area (Å²) < 4.78 is 30.9. The predicted octanol–water partition coefficient (Wildman–Crippen LogP) is 1.32. The van der Waals surface area contributed by atoms with Gasteiger partial charge in [0, 0.05) is 11.6 Å². The first-order valence-electron chi connectivity index (χ1n) is 6.15. The molecule has 0 bridgehead atoms. The SMILES string of the molecule is O=C(NCc1ccco1)C(=O)N/N=C/c1ccc(F)cc1F. The summed E-state index contributed by atoms with van der Waals surface area (Å²) in [5, 5.41) is 5.74. The van der Waals surface area contributed by atoms with Crippen LogP contribution in [0.2, 0.25) is 0 Å². The van der Waals surface area contributed by atoms with Crippen LogP contribution in [0, 0.1) is 11.6 Å². The molecule has 1 heterocycles. The lowest BCUT2D eigenvalue weighted by Gasteiger charge is -2.01. The molecular weight excluding hydrogens is 296 g/mol. The van der Waals surface area contributed by atoms with Gasteiger partial charge >= 0.3 is 11.8 Å². The molecule has 0 atom stereocenters. The van der Waals surface area contributed by atoms with Gasteiger partial charge in [-0.05, 0) is 24.3 Å². The standard InChI is InChI=1S/C14H11F2N3O3/c15-10-4-3-9(12(16)6-10)7-18-19-14(21)13(20)17-8-11-2-1-5-22-11/h1-7H,8H2,(H,17,20)(H,19,21)/b18-7+. The summed E-state index contributed by atoms with van der Waals surface area (Å²) in [6.07, 6.45) is 2.40. The highest BCUT2D eigenvalue weighted by Crippen LogP contribution is 2.06. The van der Waals surface area contributed by atoms with Crippen LogP contribution in [0.3, 0.4) is 0 Å². The van der Waals surface area contributed by atoms with Crippen LogP contribution in [0.1, 0.15) is 11.3 Å². The summed E-state index contributed by atoms with van der Waals surface area (Å²) in [6, 6.07) is 6.15. The minimum atomic E-state index is -1.02. The predicted molar refractivity (Wildman–Crippen MR) is 72.6 cm³/mol. The fourth-order valence-corrected chi connectivity index (χ4v) is 1.48. The van der Waals surface area contributed by atoms with Crippen LogP contribution in [-0.2, 0) is 16.1 Å². The van der Waals surface area contributed by atoms with Gasteiger partial charge in [0.15, 0.2) is 0 Å². The summed E-state index contributed by atoms with van der Waals surface area (Å²) in [5.74, 6) is -3.02. The molecule has 0 aliphatic carbocycles. The number of hydrogen-bond acceptors (Lipinski definition) is 4. The molecule has 8 heteroatoms. The summed E-state index contributed by atoms with van der Waals surface area (Å²) in [6.45, 7) is 0.0511. The van der Waals surface area contributed by atoms with Crippen LogP contribution in [-0.4, -0.2) is 18.0 Å². The highest BCUT2D eigenvalue weighted by Gasteiger charge is 2.12. The molecule has 114 valence electrons. The lowest BCUT2D eigenvalue weighted by atomic mass is 10.2. The number of hydrogen-bond donors (Lipinski definition) is 2. The van der Waals surface area contributed by atoms with Crippen LogP contribution >= 0.6 is 0 Å². The highest BCUT2D eigenvalue weighted by atomic mass is 19.1. The highest BCUT2D eigenvalue weighted by molar-refractivity contribution is 6.35. The summed E-state index contributed by atoms with van der Waals surface area (Å²) in [5.41, 5.74) is 1.90. The maximum atomic E-state index is 13.3. The molecule has 2 rings (SSSR count). The first-order chi connectivity index (χ1) is 10.6. The number of halogens is 2. The summed E-state index contributed by atoms with van der Waals surface area (Å²) in [7, 11) is 0. The van der Waals surface area contributed by atoms with E-state index in [1.165, 1.54) is 6.26 Å². The van der Waals surface area contributed by atoms with Gasteiger partial charge in [-0.1, -0.05) is 0 Å². The number of carbonyl (C=O) groups excluding carboxylic acids is 2. The fourth-order valence-electron chi connectivity index (χ4n) is 1.48. The zero-order valence-corrected chi connectivity index (χ0v) is 11.2. The van der Waals surface area contributed by atoms with E-state index in [4.69, 9.17) is 4.42 Å². The van der Waals surface area contributed by atoms with Crippen LogP contribution in [0.15, 0.2) is 46.1 Å². The van der Waals surface area contributed by atoms with Gasteiger partial charge in [-0.2, -0.15) is 5.10 Å². The van der Waals surface area contributed by atoms with E-state index in [0.717, 1.165) is 18.3 Å². The smallest absolute Gasteiger partial charge is 0.329 e. The molecule has 0 spiro atoms. The summed E-state index contributed by atoms with van der Waals surface area (Å²) in [4.78, 5) is 22.8. The Bertz CT molecular complexity index is 699. The molecular formula is C14H11F2N3O3. The minimum absolute atomic E-state index is 0.0299. The number of rotatable bonds is 4. The quantitative estimate of drug-likeness (QED) is 0.508. The van der Waals surface area contributed by atoms with E-state index < -0.39 is 23.4 Å². The Morgan fingerprint density at radius 2 is 2.05 bits per heavy atom. The van der Waals surface area contributed by atoms with Crippen molar-refractivity contribution < 1.29 is 22.8 Å². The molecule has 2 amide bonds. The Labute approximate surface area is 123 Å². The number of nitrogens with zero attached hydrogens (tertiary/aromatic N) is 1. The third-order valence-electron chi connectivity index (χ3n) is 2.54. The zero-order valence-electron chi connectivity index (χ0n) is 11.2. The van der Waals surface area contributed by atoms with Crippen LogP contribution in [0.25, 0.3) is 0 Å². The van der Waals surface area contributed by atoms with Gasteiger partial charge in [0.25, 0.3) is 0 Å². The Morgan fingerprint density at radius 3 is 2.73 bits per heavy atom. The van der Waals surface area contributed by atoms with E-state index in [1.54, 1.807) is 12.1 Å². The number of nitrogens with one attached hydrogen (secondary N) is 2. The van der Waals surface area contributed by atoms with E-state index in [2.05, 4.69) is 10.4 Å². The largest absolute Gasteiger partial charge is 0.467 e. The average Bonchev–Trinajstić information content (AvgIpc) is 3.00. The topological polar surface area (TPSA) is 83.7 Å². The van der Waals surface area contributed by atoms with E-state index >= 15 is 0 Å². The molecule has 0 saturated heterocycles. The number of hydrazone groups is 1. The molecule has 0 radical (unpaired) electrons. The van der Waals surface area contributed by atoms with Crippen molar-refractivity contribution in [3.05, 3.63) is 59.6 Å². The van der Waals surface area contributed by atoms with Crippen molar-refractivity contribution in [2.75, 3.05) is 0 Å². The molecule has 1 aromatic heterocycles. The van der Waals surface area contributed by atoms with Crippen molar-refractivity contribution in [2.45, 2.75) is 6.54 Å². The first kappa shape index (κ1) is 15.4. The van der Waals surface area contributed by atoms with Gasteiger partial charge in [-0.15, -0.1) is 0 Å². The van der Waals surface area contributed by atoms with Crippen LogP contribution in [0.5, 0.6) is 0 Å². The zero-order chi connectivity index (χ0) is 15.9. The third kappa shape index (κ3) is 4.23. The van der Waals surface area contributed by atoms with Crippen molar-refractivity contribution in [1.82, 2.24) is 10.7 Å². The summed E-state index contributed by atoms with van der Waals surface area (Å²) >= 11 is 0. The Balaban J connectivity index is 1.83. The minimum Gasteiger partial charge on any atom is -0.467 e. The molecule has 0 aliphatic rings. The average molecular weight is 307 g/mol. The normalized spacial score (nSPS) is 10.6. The van der Waals surface area contributed by atoms with Crippen molar-refractivity contribution >= 4 is 18.0 Å². The number of carbonyl (C=O) groups is 2. The Kier molecular flexibility index (Phi) is 4.97. The molecule has 1 aromatic carbocycles. The molecule has 0 saturated carbocycles. The lowest BCUT2D eigenvalue weighted by Crippen LogP contribution is -2.37. The molecule has 0 fully saturated rings. The number of amides is 2. The van der Waals surface area contributed by atoms with Crippen molar-refractivity contribution in [3.63, 3.8) is 0 Å². The molecule has 2 N–H and O–H groups in total. The van der Waals surface area contributed by atoms with Gasteiger partial charge in [-0.3, -0.25) is 9.59 Å². The molecule has 6 nitrogen and oxygen atoms in total. The van der Waals surface area contributed by atoms with Crippen LogP contribution in [0.4, 0.5) is 8.78 Å². The molecule has 22 heavy (non-hydrogen) atoms. The van der Waals surface area contributed by atoms with Crippen molar-refractivity contribution in [1.29, 1.82) is 0 Å². The monoisotopic (exact) mass is 307 g/mol. The van der Waals surface area contributed by atoms with E-state index in [1.807, 2.05) is 5.43 Å². The molecule has 0 aliphatic heterocycles. The third-order valence-corrected chi connectivity index (χ3v) is 2.54. The van der Waals surface area contributed by atoms with Crippen LogP contribution < -0.4 is 10.7 Å². The van der Waals surface area contributed by atoms with Crippen molar-refractivity contribution in [3.8, 4) is 0 Å². The fraction of sp³-hybridized carbons (Fsp3) is 0.0714. The van der Waals surface area contributed by atoms with Gasteiger partial charge in [0.2, 0.25) is 0 Å². The second kappa shape index (κ2) is 7.11. The van der Waals surface area contributed by atoms with E-state index in [0.29, 0.717) is 11.8 Å². The second-order valence-corrected chi connectivity index (χ2v) is 4.13. The van der Waals surface area contributed by atoms with E-state index in [9.17, 15) is 18.4 Å². The Morgan fingerprint density at radius 1 is 1.23 bits per heavy atom.